The maximum absolute atomic E-state index is 8.76. The zero-order valence-corrected chi connectivity index (χ0v) is 18.7. The molecule has 1 aromatic heterocycles. The lowest BCUT2D eigenvalue weighted by Crippen LogP contribution is -2.36. The average molecular weight is 435 g/mol. The molecule has 0 atom stereocenters. The third-order valence-corrected chi connectivity index (χ3v) is 6.30. The van der Waals surface area contributed by atoms with Gasteiger partial charge in [-0.1, -0.05) is 5.16 Å². The minimum Gasteiger partial charge on any atom is -0.490 e. The molecule has 0 bridgehead atoms. The number of oxime groups is 1. The number of ether oxygens (including phenoxy) is 1. The van der Waals surface area contributed by atoms with E-state index in [2.05, 4.69) is 21.2 Å². The van der Waals surface area contributed by atoms with Crippen molar-refractivity contribution in [2.24, 2.45) is 10.9 Å². The highest BCUT2D eigenvalue weighted by Gasteiger charge is 2.41. The van der Waals surface area contributed by atoms with E-state index in [1.807, 2.05) is 32.0 Å². The lowest BCUT2D eigenvalue weighted by molar-refractivity contribution is 0.141. The van der Waals surface area contributed by atoms with Crippen molar-refractivity contribution < 1.29 is 9.57 Å². The third kappa shape index (κ3) is 4.26. The van der Waals surface area contributed by atoms with Gasteiger partial charge in [0.2, 0.25) is 0 Å². The lowest BCUT2D eigenvalue weighted by Gasteiger charge is -2.35. The second-order valence-corrected chi connectivity index (χ2v) is 9.00. The van der Waals surface area contributed by atoms with Crippen LogP contribution in [0.5, 0.6) is 5.75 Å². The molecule has 4 N–H and O–H groups in total. The van der Waals surface area contributed by atoms with Crippen LogP contribution in [0.15, 0.2) is 29.7 Å². The summed E-state index contributed by atoms with van der Waals surface area (Å²) in [6.45, 7) is 4.46. The van der Waals surface area contributed by atoms with E-state index in [0.29, 0.717) is 25.3 Å². The van der Waals surface area contributed by atoms with Crippen LogP contribution < -0.4 is 16.2 Å². The summed E-state index contributed by atoms with van der Waals surface area (Å²) in [7, 11) is 0. The molecule has 0 aliphatic heterocycles. The van der Waals surface area contributed by atoms with Gasteiger partial charge in [0.25, 0.3) is 0 Å². The van der Waals surface area contributed by atoms with Gasteiger partial charge in [-0.05, 0) is 64.2 Å². The molecule has 8 heteroatoms. The molecule has 32 heavy (non-hydrogen) atoms. The quantitative estimate of drug-likeness (QED) is 0.523. The molecule has 1 saturated carbocycles. The Bertz CT molecular complexity index is 1050. The van der Waals surface area contributed by atoms with Crippen molar-refractivity contribution in [1.29, 1.82) is 5.26 Å². The maximum atomic E-state index is 8.76. The Morgan fingerprint density at radius 2 is 1.97 bits per heavy atom. The number of hydrogen-bond acceptors (Lipinski definition) is 8. The van der Waals surface area contributed by atoms with Gasteiger partial charge in [0.15, 0.2) is 0 Å². The SMILES string of the molecule is CC1(C)/C(=N/OCCCC#N)c2cc(O[C@H]3CC[C@H](N)CC3)ccc2-c2ncnc(N)c21. The first-order valence-electron chi connectivity index (χ1n) is 11.2. The molecular formula is C24H30N6O2. The fourth-order valence-electron chi connectivity index (χ4n) is 4.56. The topological polar surface area (TPSA) is 132 Å². The van der Waals surface area contributed by atoms with Crippen LogP contribution in [-0.2, 0) is 10.3 Å². The summed E-state index contributed by atoms with van der Waals surface area (Å²) >= 11 is 0. The molecule has 4 rings (SSSR count). The molecule has 2 aliphatic carbocycles. The van der Waals surface area contributed by atoms with Gasteiger partial charge in [0, 0.05) is 34.6 Å². The van der Waals surface area contributed by atoms with E-state index < -0.39 is 5.41 Å². The number of nitrogens with two attached hydrogens (primary N) is 2. The fraction of sp³-hybridized carbons (Fsp3) is 0.500. The first kappa shape index (κ1) is 22.0. The second-order valence-electron chi connectivity index (χ2n) is 9.00. The Balaban J connectivity index is 1.72. The zero-order chi connectivity index (χ0) is 22.7. The van der Waals surface area contributed by atoms with Gasteiger partial charge in [-0.15, -0.1) is 0 Å². The summed E-state index contributed by atoms with van der Waals surface area (Å²) in [5.74, 6) is 1.23. The van der Waals surface area contributed by atoms with Crippen molar-refractivity contribution in [3.63, 3.8) is 0 Å². The van der Waals surface area contributed by atoms with Gasteiger partial charge in [0.1, 0.15) is 24.5 Å². The average Bonchev–Trinajstić information content (AvgIpc) is 2.77. The van der Waals surface area contributed by atoms with E-state index >= 15 is 0 Å². The van der Waals surface area contributed by atoms with Crippen LogP contribution in [0.25, 0.3) is 11.3 Å². The highest BCUT2D eigenvalue weighted by molar-refractivity contribution is 6.15. The highest BCUT2D eigenvalue weighted by Crippen LogP contribution is 2.45. The number of nitriles is 1. The van der Waals surface area contributed by atoms with Crippen LogP contribution in [0.2, 0.25) is 0 Å². The minimum atomic E-state index is -0.570. The molecule has 0 spiro atoms. The van der Waals surface area contributed by atoms with Gasteiger partial charge in [-0.3, -0.25) is 0 Å². The minimum absolute atomic E-state index is 0.164. The van der Waals surface area contributed by atoms with Gasteiger partial charge in [-0.25, -0.2) is 9.97 Å². The smallest absolute Gasteiger partial charge is 0.131 e. The number of benzene rings is 1. The Labute approximate surface area is 188 Å². The number of rotatable bonds is 6. The predicted octanol–water partition coefficient (Wildman–Crippen LogP) is 3.69. The largest absolute Gasteiger partial charge is 0.490 e. The van der Waals surface area contributed by atoms with E-state index in [1.54, 1.807) is 0 Å². The molecule has 2 aliphatic rings. The number of aromatic nitrogens is 2. The van der Waals surface area contributed by atoms with Crippen molar-refractivity contribution in [3.8, 4) is 23.1 Å². The summed E-state index contributed by atoms with van der Waals surface area (Å²) in [5.41, 5.74) is 16.0. The summed E-state index contributed by atoms with van der Waals surface area (Å²) < 4.78 is 6.31. The molecule has 1 heterocycles. The van der Waals surface area contributed by atoms with Crippen LogP contribution in [0, 0.1) is 11.3 Å². The molecule has 168 valence electrons. The van der Waals surface area contributed by atoms with Crippen molar-refractivity contribution in [2.75, 3.05) is 12.3 Å². The lowest BCUT2D eigenvalue weighted by atomic mass is 9.70. The van der Waals surface area contributed by atoms with E-state index in [4.69, 9.17) is 26.3 Å². The molecule has 0 saturated heterocycles. The number of hydrogen-bond donors (Lipinski definition) is 2. The van der Waals surface area contributed by atoms with Crippen LogP contribution >= 0.6 is 0 Å². The third-order valence-electron chi connectivity index (χ3n) is 6.30. The first-order chi connectivity index (χ1) is 15.4. The molecule has 2 aromatic rings. The summed E-state index contributed by atoms with van der Waals surface area (Å²) in [4.78, 5) is 14.4. The van der Waals surface area contributed by atoms with Crippen molar-refractivity contribution in [3.05, 3.63) is 35.7 Å². The number of nitrogen functional groups attached to an aromatic ring is 1. The summed E-state index contributed by atoms with van der Waals surface area (Å²) in [6, 6.07) is 8.39. The standard InChI is InChI=1S/C24H30N6O2/c1-24(2)20-21(28-14-29-23(20)27)18-10-9-17(32-16-7-5-15(26)6-8-16)13-19(18)22(24)30-31-12-4-3-11-25/h9-10,13-16H,3-8,12,26H2,1-2H3,(H2,27,28,29)/b30-22+/t15-,16-. The molecule has 1 aromatic carbocycles. The van der Waals surface area contributed by atoms with Crippen LogP contribution in [0.4, 0.5) is 5.82 Å². The molecule has 0 amide bonds. The Morgan fingerprint density at radius 1 is 1.19 bits per heavy atom. The number of nitrogens with zero attached hydrogens (tertiary/aromatic N) is 4. The Kier molecular flexibility index (Phi) is 6.28. The highest BCUT2D eigenvalue weighted by atomic mass is 16.6. The summed E-state index contributed by atoms with van der Waals surface area (Å²) in [6.07, 6.45) is 6.58. The van der Waals surface area contributed by atoms with E-state index in [0.717, 1.165) is 59.5 Å². The first-order valence-corrected chi connectivity index (χ1v) is 11.2. The number of anilines is 1. The van der Waals surface area contributed by atoms with Crippen LogP contribution in [-0.4, -0.2) is 34.4 Å². The zero-order valence-electron chi connectivity index (χ0n) is 18.7. The Morgan fingerprint density at radius 3 is 2.72 bits per heavy atom. The van der Waals surface area contributed by atoms with E-state index in [-0.39, 0.29) is 12.1 Å². The maximum Gasteiger partial charge on any atom is 0.131 e. The van der Waals surface area contributed by atoms with Gasteiger partial charge < -0.3 is 21.0 Å². The molecule has 1 fully saturated rings. The van der Waals surface area contributed by atoms with Crippen molar-refractivity contribution in [2.45, 2.75) is 69.9 Å². The van der Waals surface area contributed by atoms with Gasteiger partial charge in [0.05, 0.1) is 23.6 Å². The summed E-state index contributed by atoms with van der Waals surface area (Å²) in [5, 5.41) is 13.3. The fourth-order valence-corrected chi connectivity index (χ4v) is 4.56. The second kappa shape index (κ2) is 9.13. The molecule has 0 radical (unpaired) electrons. The normalized spacial score (nSPS) is 22.5. The van der Waals surface area contributed by atoms with Crippen molar-refractivity contribution in [1.82, 2.24) is 9.97 Å². The molecule has 8 nitrogen and oxygen atoms in total. The predicted molar refractivity (Wildman–Crippen MR) is 123 cm³/mol. The Hall–Kier alpha value is -3.18. The van der Waals surface area contributed by atoms with E-state index in [9.17, 15) is 0 Å². The van der Waals surface area contributed by atoms with Crippen LogP contribution in [0.3, 0.4) is 0 Å². The molecular weight excluding hydrogens is 404 g/mol. The number of unbranched alkanes of at least 4 members (excludes halogenated alkanes) is 1. The van der Waals surface area contributed by atoms with E-state index in [1.165, 1.54) is 6.33 Å². The van der Waals surface area contributed by atoms with Crippen molar-refractivity contribution >= 4 is 11.5 Å². The van der Waals surface area contributed by atoms with Crippen LogP contribution in [0.1, 0.15) is 63.5 Å². The van der Waals surface area contributed by atoms with Gasteiger partial charge >= 0.3 is 0 Å². The van der Waals surface area contributed by atoms with Gasteiger partial charge in [-0.2, -0.15) is 5.26 Å². The monoisotopic (exact) mass is 434 g/mol. The number of fused-ring (bicyclic) bond motifs is 3. The molecule has 0 unspecified atom stereocenters.